The van der Waals surface area contributed by atoms with E-state index >= 15 is 0 Å². The molecule has 0 aliphatic rings. The lowest BCUT2D eigenvalue weighted by molar-refractivity contribution is 0.475. The Kier molecular flexibility index (Phi) is 6.13. The van der Waals surface area contributed by atoms with Gasteiger partial charge in [0.2, 0.25) is 0 Å². The Morgan fingerprint density at radius 2 is 1.97 bits per heavy atom. The van der Waals surface area contributed by atoms with Gasteiger partial charge in [0.1, 0.15) is 17.3 Å². The van der Waals surface area contributed by atoms with Crippen molar-refractivity contribution in [2.45, 2.75) is 40.5 Å². The predicted octanol–water partition coefficient (Wildman–Crippen LogP) is 5.98. The molecule has 0 atom stereocenters. The van der Waals surface area contributed by atoms with Crippen molar-refractivity contribution in [1.29, 1.82) is 5.26 Å². The first-order chi connectivity index (χ1) is 13.9. The third-order valence-electron chi connectivity index (χ3n) is 4.56. The summed E-state index contributed by atoms with van der Waals surface area (Å²) in [5, 5.41) is 12.6. The topological polar surface area (TPSA) is 70.8 Å². The van der Waals surface area contributed by atoms with Crippen molar-refractivity contribution >= 4 is 11.5 Å². The van der Waals surface area contributed by atoms with E-state index in [0.717, 1.165) is 34.8 Å². The Hall–Kier alpha value is -3.39. The molecule has 1 N–H and O–H groups in total. The minimum Gasteiger partial charge on any atom is -0.455 e. The van der Waals surface area contributed by atoms with Crippen molar-refractivity contribution in [2.24, 2.45) is 5.41 Å². The molecule has 148 valence electrons. The SMILES string of the molecule is CCc1ccc(Oc2ccnc(Nc3cccc(CC(C)(C)C#N)c3)c2)c(C)n1. The summed E-state index contributed by atoms with van der Waals surface area (Å²) in [6, 6.07) is 18.0. The summed E-state index contributed by atoms with van der Waals surface area (Å²) in [6.07, 6.45) is 3.30. The lowest BCUT2D eigenvalue weighted by atomic mass is 9.87. The smallest absolute Gasteiger partial charge is 0.148 e. The number of nitriles is 1. The Labute approximate surface area is 172 Å². The lowest BCUT2D eigenvalue weighted by Gasteiger charge is -2.16. The summed E-state index contributed by atoms with van der Waals surface area (Å²) in [5.74, 6) is 2.12. The molecular weight excluding hydrogens is 360 g/mol. The average Bonchev–Trinajstić information content (AvgIpc) is 2.70. The molecule has 0 bridgehead atoms. The minimum atomic E-state index is -0.399. The van der Waals surface area contributed by atoms with Crippen molar-refractivity contribution in [1.82, 2.24) is 9.97 Å². The molecule has 3 rings (SSSR count). The van der Waals surface area contributed by atoms with Gasteiger partial charge in [0.05, 0.1) is 17.2 Å². The van der Waals surface area contributed by atoms with Crippen molar-refractivity contribution < 1.29 is 4.74 Å². The van der Waals surface area contributed by atoms with E-state index in [4.69, 9.17) is 4.74 Å². The Balaban J connectivity index is 1.74. The molecule has 0 radical (unpaired) electrons. The van der Waals surface area contributed by atoms with Crippen molar-refractivity contribution in [3.8, 4) is 17.6 Å². The number of nitrogens with zero attached hydrogens (tertiary/aromatic N) is 3. The van der Waals surface area contributed by atoms with Crippen LogP contribution < -0.4 is 10.1 Å². The van der Waals surface area contributed by atoms with Gasteiger partial charge in [-0.3, -0.25) is 4.98 Å². The highest BCUT2D eigenvalue weighted by atomic mass is 16.5. The van der Waals surface area contributed by atoms with E-state index in [2.05, 4.69) is 28.3 Å². The van der Waals surface area contributed by atoms with Gasteiger partial charge in [0, 0.05) is 23.6 Å². The fourth-order valence-electron chi connectivity index (χ4n) is 3.03. The van der Waals surface area contributed by atoms with Crippen LogP contribution >= 0.6 is 0 Å². The first-order valence-corrected chi connectivity index (χ1v) is 9.76. The largest absolute Gasteiger partial charge is 0.455 e. The van der Waals surface area contributed by atoms with Crippen LogP contribution in [0.5, 0.6) is 11.5 Å². The van der Waals surface area contributed by atoms with Crippen LogP contribution in [0.15, 0.2) is 54.7 Å². The van der Waals surface area contributed by atoms with Crippen LogP contribution in [0, 0.1) is 23.7 Å². The normalized spacial score (nSPS) is 11.0. The van der Waals surface area contributed by atoms with Gasteiger partial charge in [0.15, 0.2) is 0 Å². The number of aryl methyl sites for hydroxylation is 2. The summed E-state index contributed by atoms with van der Waals surface area (Å²) in [6.45, 7) is 7.92. The highest BCUT2D eigenvalue weighted by Crippen LogP contribution is 2.27. The van der Waals surface area contributed by atoms with Crippen LogP contribution in [-0.4, -0.2) is 9.97 Å². The van der Waals surface area contributed by atoms with Crippen molar-refractivity contribution in [3.63, 3.8) is 0 Å². The van der Waals surface area contributed by atoms with Gasteiger partial charge >= 0.3 is 0 Å². The maximum absolute atomic E-state index is 9.27. The number of anilines is 2. The zero-order valence-corrected chi connectivity index (χ0v) is 17.4. The molecule has 0 spiro atoms. The molecule has 1 aromatic carbocycles. The number of nitrogens with one attached hydrogen (secondary N) is 1. The monoisotopic (exact) mass is 386 g/mol. The maximum atomic E-state index is 9.27. The third kappa shape index (κ3) is 5.55. The molecular formula is C24H26N4O. The summed E-state index contributed by atoms with van der Waals surface area (Å²) in [5.41, 5.74) is 3.54. The highest BCUT2D eigenvalue weighted by molar-refractivity contribution is 5.58. The van der Waals surface area contributed by atoms with E-state index in [9.17, 15) is 5.26 Å². The average molecular weight is 386 g/mol. The summed E-state index contributed by atoms with van der Waals surface area (Å²) in [4.78, 5) is 8.93. The fraction of sp³-hybridized carbons (Fsp3) is 0.292. The van der Waals surface area contributed by atoms with E-state index in [1.807, 2.05) is 69.3 Å². The quantitative estimate of drug-likeness (QED) is 0.541. The number of hydrogen-bond donors (Lipinski definition) is 1. The molecule has 0 fully saturated rings. The summed E-state index contributed by atoms with van der Waals surface area (Å²) < 4.78 is 6.01. The van der Waals surface area contributed by atoms with Gasteiger partial charge < -0.3 is 10.1 Å². The molecule has 0 saturated heterocycles. The Bertz CT molecular complexity index is 1040. The lowest BCUT2D eigenvalue weighted by Crippen LogP contribution is -2.11. The standard InChI is InChI=1S/C24H26N4O/c1-5-19-9-10-22(17(2)27-19)29-21-11-12-26-23(14-21)28-20-8-6-7-18(13-20)15-24(3,4)16-25/h6-14H,5,15H2,1-4H3,(H,26,28). The molecule has 29 heavy (non-hydrogen) atoms. The van der Waals surface area contributed by atoms with Gasteiger partial charge in [-0.05, 0) is 69.5 Å². The first-order valence-electron chi connectivity index (χ1n) is 9.76. The molecule has 0 unspecified atom stereocenters. The predicted molar refractivity (Wildman–Crippen MR) is 115 cm³/mol. The number of ether oxygens (including phenoxy) is 1. The molecule has 0 aliphatic heterocycles. The molecule has 0 aliphatic carbocycles. The maximum Gasteiger partial charge on any atom is 0.148 e. The van der Waals surface area contributed by atoms with E-state index in [1.165, 1.54) is 0 Å². The molecule has 2 heterocycles. The van der Waals surface area contributed by atoms with Gasteiger partial charge in [-0.25, -0.2) is 4.98 Å². The molecule has 5 heteroatoms. The molecule has 5 nitrogen and oxygen atoms in total. The molecule has 2 aromatic heterocycles. The molecule has 0 saturated carbocycles. The number of pyridine rings is 2. The molecule has 0 amide bonds. The minimum absolute atomic E-state index is 0.399. The summed E-state index contributed by atoms with van der Waals surface area (Å²) >= 11 is 0. The van der Waals surface area contributed by atoms with Crippen LogP contribution in [0.1, 0.15) is 37.7 Å². The second kappa shape index (κ2) is 8.74. The first kappa shape index (κ1) is 20.3. The van der Waals surface area contributed by atoms with Gasteiger partial charge in [0.25, 0.3) is 0 Å². The van der Waals surface area contributed by atoms with E-state index in [0.29, 0.717) is 18.0 Å². The van der Waals surface area contributed by atoms with Gasteiger partial charge in [-0.1, -0.05) is 19.1 Å². The van der Waals surface area contributed by atoms with E-state index < -0.39 is 5.41 Å². The van der Waals surface area contributed by atoms with Crippen LogP contribution in [0.2, 0.25) is 0 Å². The third-order valence-corrected chi connectivity index (χ3v) is 4.56. The van der Waals surface area contributed by atoms with Crippen LogP contribution in [0.4, 0.5) is 11.5 Å². The van der Waals surface area contributed by atoms with Crippen molar-refractivity contribution in [2.75, 3.05) is 5.32 Å². The van der Waals surface area contributed by atoms with Gasteiger partial charge in [-0.2, -0.15) is 5.26 Å². The van der Waals surface area contributed by atoms with Crippen molar-refractivity contribution in [3.05, 3.63) is 71.7 Å². The Morgan fingerprint density at radius 1 is 1.14 bits per heavy atom. The van der Waals surface area contributed by atoms with Crippen LogP contribution in [0.3, 0.4) is 0 Å². The number of rotatable bonds is 7. The second-order valence-electron chi connectivity index (χ2n) is 7.72. The molecule has 3 aromatic rings. The highest BCUT2D eigenvalue weighted by Gasteiger charge is 2.17. The fourth-order valence-corrected chi connectivity index (χ4v) is 3.03. The van der Waals surface area contributed by atoms with Crippen LogP contribution in [-0.2, 0) is 12.8 Å². The van der Waals surface area contributed by atoms with E-state index in [-0.39, 0.29) is 0 Å². The van der Waals surface area contributed by atoms with Crippen LogP contribution in [0.25, 0.3) is 0 Å². The second-order valence-corrected chi connectivity index (χ2v) is 7.72. The number of aromatic nitrogens is 2. The van der Waals surface area contributed by atoms with Gasteiger partial charge in [-0.15, -0.1) is 0 Å². The Morgan fingerprint density at radius 3 is 2.69 bits per heavy atom. The number of benzene rings is 1. The number of hydrogen-bond acceptors (Lipinski definition) is 5. The van der Waals surface area contributed by atoms with E-state index in [1.54, 1.807) is 6.20 Å². The summed E-state index contributed by atoms with van der Waals surface area (Å²) in [7, 11) is 0. The zero-order valence-electron chi connectivity index (χ0n) is 17.4. The zero-order chi connectivity index (χ0) is 20.9.